The van der Waals surface area contributed by atoms with E-state index in [2.05, 4.69) is 11.4 Å². The molecule has 0 saturated carbocycles. The number of urea groups is 2. The number of fused-ring (bicyclic) bond motifs is 1. The summed E-state index contributed by atoms with van der Waals surface area (Å²) in [6, 6.07) is 7.86. The zero-order chi connectivity index (χ0) is 17.1. The van der Waals surface area contributed by atoms with Gasteiger partial charge < -0.3 is 24.8 Å². The fourth-order valence-electron chi connectivity index (χ4n) is 3.06. The van der Waals surface area contributed by atoms with E-state index in [0.29, 0.717) is 32.7 Å². The second-order valence-electron chi connectivity index (χ2n) is 6.39. The molecule has 1 atom stereocenters. The summed E-state index contributed by atoms with van der Waals surface area (Å²) < 4.78 is 5.83. The van der Waals surface area contributed by atoms with Gasteiger partial charge in [-0.05, 0) is 11.6 Å². The summed E-state index contributed by atoms with van der Waals surface area (Å²) in [7, 11) is 3.47. The van der Waals surface area contributed by atoms with Crippen molar-refractivity contribution in [3.63, 3.8) is 0 Å². The molecule has 0 spiro atoms. The van der Waals surface area contributed by atoms with Gasteiger partial charge in [-0.15, -0.1) is 0 Å². The lowest BCUT2D eigenvalue weighted by atomic mass is 10.1. The normalized spacial score (nSPS) is 19.5. The molecule has 24 heavy (non-hydrogen) atoms. The van der Waals surface area contributed by atoms with Crippen LogP contribution in [-0.2, 0) is 6.42 Å². The lowest BCUT2D eigenvalue weighted by Gasteiger charge is -2.36. The first-order valence-electron chi connectivity index (χ1n) is 8.28. The van der Waals surface area contributed by atoms with Crippen LogP contribution in [0.25, 0.3) is 0 Å². The van der Waals surface area contributed by atoms with Crippen molar-refractivity contribution in [3.8, 4) is 5.75 Å². The van der Waals surface area contributed by atoms with Crippen LogP contribution in [0.2, 0.25) is 0 Å². The summed E-state index contributed by atoms with van der Waals surface area (Å²) in [6.07, 6.45) is 0.810. The third kappa shape index (κ3) is 3.55. The zero-order valence-corrected chi connectivity index (χ0v) is 14.2. The molecule has 1 N–H and O–H groups in total. The van der Waals surface area contributed by atoms with Gasteiger partial charge in [0.2, 0.25) is 0 Å². The van der Waals surface area contributed by atoms with E-state index in [1.54, 1.807) is 28.8 Å². The minimum absolute atomic E-state index is 0.00724. The summed E-state index contributed by atoms with van der Waals surface area (Å²) in [5.74, 6) is 0.910. The lowest BCUT2D eigenvalue weighted by Crippen LogP contribution is -2.55. The van der Waals surface area contributed by atoms with Crippen LogP contribution in [0.3, 0.4) is 0 Å². The number of piperazine rings is 1. The third-order valence-corrected chi connectivity index (χ3v) is 4.41. The van der Waals surface area contributed by atoms with Crippen molar-refractivity contribution in [1.82, 2.24) is 20.0 Å². The van der Waals surface area contributed by atoms with Crippen LogP contribution in [0.4, 0.5) is 9.59 Å². The number of ether oxygens (including phenoxy) is 1. The van der Waals surface area contributed by atoms with Gasteiger partial charge in [0.25, 0.3) is 0 Å². The van der Waals surface area contributed by atoms with E-state index in [0.717, 1.165) is 12.2 Å². The van der Waals surface area contributed by atoms with E-state index in [9.17, 15) is 9.59 Å². The fourth-order valence-corrected chi connectivity index (χ4v) is 3.06. The monoisotopic (exact) mass is 332 g/mol. The predicted molar refractivity (Wildman–Crippen MR) is 90.2 cm³/mol. The summed E-state index contributed by atoms with van der Waals surface area (Å²) in [6.45, 7) is 2.73. The highest BCUT2D eigenvalue weighted by molar-refractivity contribution is 5.76. The third-order valence-electron chi connectivity index (χ3n) is 4.41. The first kappa shape index (κ1) is 16.4. The van der Waals surface area contributed by atoms with Crippen molar-refractivity contribution in [3.05, 3.63) is 29.8 Å². The average molecular weight is 332 g/mol. The Bertz CT molecular complexity index is 587. The molecule has 7 nitrogen and oxygen atoms in total. The van der Waals surface area contributed by atoms with Crippen LogP contribution in [-0.4, -0.2) is 79.7 Å². The summed E-state index contributed by atoms with van der Waals surface area (Å²) in [4.78, 5) is 29.3. The zero-order valence-electron chi connectivity index (χ0n) is 14.2. The first-order chi connectivity index (χ1) is 11.5. The largest absolute Gasteiger partial charge is 0.488 e. The van der Waals surface area contributed by atoms with Gasteiger partial charge >= 0.3 is 12.1 Å². The van der Waals surface area contributed by atoms with Crippen molar-refractivity contribution in [2.75, 3.05) is 46.8 Å². The van der Waals surface area contributed by atoms with E-state index in [1.165, 1.54) is 5.56 Å². The maximum atomic E-state index is 12.3. The first-order valence-corrected chi connectivity index (χ1v) is 8.28. The van der Waals surface area contributed by atoms with Gasteiger partial charge in [0.1, 0.15) is 11.9 Å². The van der Waals surface area contributed by atoms with Crippen molar-refractivity contribution in [2.24, 2.45) is 0 Å². The molecular weight excluding hydrogens is 308 g/mol. The van der Waals surface area contributed by atoms with E-state index < -0.39 is 0 Å². The Morgan fingerprint density at radius 1 is 1.17 bits per heavy atom. The smallest absolute Gasteiger partial charge is 0.319 e. The number of nitrogens with zero attached hydrogens (tertiary/aromatic N) is 3. The van der Waals surface area contributed by atoms with Gasteiger partial charge in [0.15, 0.2) is 0 Å². The van der Waals surface area contributed by atoms with Gasteiger partial charge in [-0.25, -0.2) is 9.59 Å². The minimum Gasteiger partial charge on any atom is -0.488 e. The molecule has 0 bridgehead atoms. The molecule has 0 aromatic heterocycles. The summed E-state index contributed by atoms with van der Waals surface area (Å²) in [5.41, 5.74) is 1.19. The Hall–Kier alpha value is -2.44. The number of hydrogen-bond acceptors (Lipinski definition) is 3. The number of benzene rings is 1. The van der Waals surface area contributed by atoms with Crippen LogP contribution < -0.4 is 10.1 Å². The molecule has 1 fully saturated rings. The summed E-state index contributed by atoms with van der Waals surface area (Å²) >= 11 is 0. The van der Waals surface area contributed by atoms with E-state index in [-0.39, 0.29) is 18.2 Å². The van der Waals surface area contributed by atoms with Crippen molar-refractivity contribution in [1.29, 1.82) is 0 Å². The average Bonchev–Trinajstić information content (AvgIpc) is 3.02. The van der Waals surface area contributed by atoms with Gasteiger partial charge in [-0.2, -0.15) is 0 Å². The Balaban J connectivity index is 1.42. The molecule has 2 aliphatic heterocycles. The number of carbonyl (C=O) groups excluding carboxylic acids is 2. The number of carbonyl (C=O) groups is 2. The van der Waals surface area contributed by atoms with Crippen molar-refractivity contribution in [2.45, 2.75) is 12.5 Å². The van der Waals surface area contributed by atoms with Crippen LogP contribution in [0, 0.1) is 0 Å². The molecule has 1 unspecified atom stereocenters. The maximum absolute atomic E-state index is 12.3. The van der Waals surface area contributed by atoms with Gasteiger partial charge in [0.05, 0.1) is 6.54 Å². The quantitative estimate of drug-likeness (QED) is 0.879. The number of amides is 4. The van der Waals surface area contributed by atoms with Gasteiger partial charge in [0, 0.05) is 46.7 Å². The van der Waals surface area contributed by atoms with Crippen LogP contribution in [0.5, 0.6) is 5.75 Å². The highest BCUT2D eigenvalue weighted by atomic mass is 16.5. The molecule has 1 aromatic rings. The molecule has 3 rings (SSSR count). The number of hydrogen-bond donors (Lipinski definition) is 1. The molecule has 0 radical (unpaired) electrons. The topological polar surface area (TPSA) is 65.1 Å². The SMILES string of the molecule is CN(C)C(=O)N1CCN(C(=O)NCC2Cc3ccccc3O2)CC1. The minimum atomic E-state index is -0.0912. The maximum Gasteiger partial charge on any atom is 0.319 e. The second-order valence-corrected chi connectivity index (χ2v) is 6.39. The van der Waals surface area contributed by atoms with Crippen LogP contribution in [0.15, 0.2) is 24.3 Å². The van der Waals surface area contributed by atoms with Crippen molar-refractivity contribution >= 4 is 12.1 Å². The highest BCUT2D eigenvalue weighted by Crippen LogP contribution is 2.27. The molecule has 1 aromatic carbocycles. The molecule has 4 amide bonds. The fraction of sp³-hybridized carbons (Fsp3) is 0.529. The van der Waals surface area contributed by atoms with Crippen LogP contribution in [0.1, 0.15) is 5.56 Å². The van der Waals surface area contributed by atoms with E-state index in [4.69, 9.17) is 4.74 Å². The molecule has 2 aliphatic rings. The Labute approximate surface area is 142 Å². The molecular formula is C17H24N4O3. The molecule has 130 valence electrons. The number of para-hydroxylation sites is 1. The van der Waals surface area contributed by atoms with Gasteiger partial charge in [-0.1, -0.05) is 18.2 Å². The lowest BCUT2D eigenvalue weighted by molar-refractivity contribution is 0.127. The molecule has 7 heteroatoms. The Morgan fingerprint density at radius 3 is 2.50 bits per heavy atom. The predicted octanol–water partition coefficient (Wildman–Crippen LogP) is 0.999. The Morgan fingerprint density at radius 2 is 1.83 bits per heavy atom. The van der Waals surface area contributed by atoms with E-state index >= 15 is 0 Å². The molecule has 2 heterocycles. The van der Waals surface area contributed by atoms with E-state index in [1.807, 2.05) is 18.2 Å². The summed E-state index contributed by atoms with van der Waals surface area (Å²) in [5, 5.41) is 2.94. The number of rotatable bonds is 2. The van der Waals surface area contributed by atoms with Crippen molar-refractivity contribution < 1.29 is 14.3 Å². The highest BCUT2D eigenvalue weighted by Gasteiger charge is 2.27. The molecule has 0 aliphatic carbocycles. The standard InChI is InChI=1S/C17H24N4O3/c1-19(2)17(23)21-9-7-20(8-10-21)16(22)18-12-14-11-13-5-3-4-6-15(13)24-14/h3-6,14H,7-12H2,1-2H3,(H,18,22). The Kier molecular flexibility index (Phi) is 4.78. The van der Waals surface area contributed by atoms with Crippen LogP contribution >= 0.6 is 0 Å². The second kappa shape index (κ2) is 6.98. The van der Waals surface area contributed by atoms with Gasteiger partial charge in [-0.3, -0.25) is 0 Å². The number of nitrogens with one attached hydrogen (secondary N) is 1. The molecule has 1 saturated heterocycles.